The summed E-state index contributed by atoms with van der Waals surface area (Å²) in [7, 11) is 2.56. The van der Waals surface area contributed by atoms with Gasteiger partial charge in [-0.2, -0.15) is 0 Å². The van der Waals surface area contributed by atoms with E-state index in [-0.39, 0.29) is 18.4 Å². The zero-order chi connectivity index (χ0) is 35.3. The summed E-state index contributed by atoms with van der Waals surface area (Å²) in [5.41, 5.74) is 1.96. The molecule has 3 amide bonds. The molecular formula is C32H57N3O11. The van der Waals surface area contributed by atoms with Gasteiger partial charge in [0, 0.05) is 50.8 Å². The average molecular weight is 660 g/mol. The van der Waals surface area contributed by atoms with Crippen molar-refractivity contribution in [2.45, 2.75) is 53.0 Å². The highest BCUT2D eigenvalue weighted by Gasteiger charge is 2.23. The Bertz CT molecular complexity index is 876. The minimum absolute atomic E-state index is 0.288. The van der Waals surface area contributed by atoms with Crippen LogP contribution in [0, 0.1) is 6.92 Å². The molecule has 0 aliphatic heterocycles. The predicted molar refractivity (Wildman–Crippen MR) is 176 cm³/mol. The summed E-state index contributed by atoms with van der Waals surface area (Å²) in [6, 6.07) is 4.95. The van der Waals surface area contributed by atoms with Gasteiger partial charge in [0.1, 0.15) is 12.6 Å². The van der Waals surface area contributed by atoms with E-state index in [9.17, 15) is 19.2 Å². The monoisotopic (exact) mass is 659 g/mol. The average Bonchev–Trinajstić information content (AvgIpc) is 3.09. The van der Waals surface area contributed by atoms with E-state index in [2.05, 4.69) is 10.6 Å². The Labute approximate surface area is 274 Å². The fourth-order valence-electron chi connectivity index (χ4n) is 3.37. The number of nitrogens with one attached hydrogen (secondary N) is 2. The second-order valence-electron chi connectivity index (χ2n) is 8.74. The van der Waals surface area contributed by atoms with Gasteiger partial charge in [0.15, 0.2) is 0 Å². The van der Waals surface area contributed by atoms with Crippen LogP contribution in [0.3, 0.4) is 0 Å². The normalized spacial score (nSPS) is 10.3. The Balaban J connectivity index is -0.00000209. The lowest BCUT2D eigenvalue weighted by Gasteiger charge is -2.24. The van der Waals surface area contributed by atoms with E-state index >= 15 is 0 Å². The van der Waals surface area contributed by atoms with Crippen molar-refractivity contribution < 1.29 is 52.8 Å². The molecule has 0 aliphatic rings. The maximum atomic E-state index is 12.9. The van der Waals surface area contributed by atoms with Gasteiger partial charge in [0.2, 0.25) is 12.8 Å². The van der Waals surface area contributed by atoms with Gasteiger partial charge in [-0.3, -0.25) is 19.3 Å². The molecule has 0 radical (unpaired) electrons. The van der Waals surface area contributed by atoms with E-state index in [0.717, 1.165) is 35.8 Å². The number of hydrogen-bond acceptors (Lipinski definition) is 12. The summed E-state index contributed by atoms with van der Waals surface area (Å²) in [5, 5.41) is 12.5. The first-order chi connectivity index (χ1) is 22.5. The van der Waals surface area contributed by atoms with Crippen molar-refractivity contribution in [1.29, 1.82) is 0 Å². The molecule has 0 bridgehead atoms. The van der Waals surface area contributed by atoms with E-state index in [4.69, 9.17) is 33.6 Å². The van der Waals surface area contributed by atoms with Crippen molar-refractivity contribution in [3.05, 3.63) is 29.3 Å². The van der Waals surface area contributed by atoms with Crippen LogP contribution in [0.15, 0.2) is 18.2 Å². The standard InChI is InChI=1S/C27H42N2O9.C2H5NO.C2H6.CH4O/c1-23(6-4-10-30)29(22-32)27(33)25-7-3-8-26(24(25)2)28-9-13-35-15-17-37-19-21-38-20-18-36-16-14-34-12-5-11-31;1-3-2-4;2*1-2/h3,7-8,10-11,22-23,28H,4-6,9,12-21H2,1-2H3;2H,1H3,(H,3,4);1-2H3;2H,1H3. The summed E-state index contributed by atoms with van der Waals surface area (Å²) in [4.78, 5) is 55.4. The molecule has 14 nitrogen and oxygen atoms in total. The first kappa shape index (κ1) is 47.1. The second-order valence-corrected chi connectivity index (χ2v) is 8.74. The number of anilines is 1. The highest BCUT2D eigenvalue weighted by atomic mass is 16.6. The van der Waals surface area contributed by atoms with E-state index in [1.54, 1.807) is 26.1 Å². The molecule has 0 aliphatic carbocycles. The van der Waals surface area contributed by atoms with Gasteiger partial charge in [-0.05, 0) is 38.0 Å². The quantitative estimate of drug-likeness (QED) is 0.0975. The first-order valence-electron chi connectivity index (χ1n) is 15.4. The van der Waals surface area contributed by atoms with Crippen LogP contribution < -0.4 is 10.6 Å². The van der Waals surface area contributed by atoms with E-state index in [1.165, 1.54) is 0 Å². The minimum Gasteiger partial charge on any atom is -0.400 e. The van der Waals surface area contributed by atoms with Crippen LogP contribution in [0.2, 0.25) is 0 Å². The number of carbonyl (C=O) groups excluding carboxylic acids is 5. The third-order valence-corrected chi connectivity index (χ3v) is 5.64. The van der Waals surface area contributed by atoms with Crippen molar-refractivity contribution in [2.75, 3.05) is 92.1 Å². The molecule has 1 unspecified atom stereocenters. The molecule has 46 heavy (non-hydrogen) atoms. The van der Waals surface area contributed by atoms with E-state index in [0.29, 0.717) is 104 Å². The van der Waals surface area contributed by atoms with Gasteiger partial charge in [0.05, 0.1) is 66.1 Å². The Hall–Kier alpha value is -3.27. The number of ether oxygens (including phenoxy) is 5. The summed E-state index contributed by atoms with van der Waals surface area (Å²) >= 11 is 0. The summed E-state index contributed by atoms with van der Waals surface area (Å²) < 4.78 is 27.0. The summed E-state index contributed by atoms with van der Waals surface area (Å²) in [6.45, 7) is 12.7. The van der Waals surface area contributed by atoms with Gasteiger partial charge in [-0.15, -0.1) is 0 Å². The van der Waals surface area contributed by atoms with Crippen LogP contribution in [-0.4, -0.2) is 134 Å². The molecule has 0 fully saturated rings. The molecule has 0 saturated carbocycles. The number of benzene rings is 1. The fraction of sp³-hybridized carbons (Fsp3) is 0.656. The van der Waals surface area contributed by atoms with Gasteiger partial charge in [-0.1, -0.05) is 19.9 Å². The van der Waals surface area contributed by atoms with Gasteiger partial charge in [0.25, 0.3) is 5.91 Å². The third-order valence-electron chi connectivity index (χ3n) is 5.64. The van der Waals surface area contributed by atoms with Crippen molar-refractivity contribution in [2.24, 2.45) is 0 Å². The lowest BCUT2D eigenvalue weighted by Crippen LogP contribution is -2.38. The van der Waals surface area contributed by atoms with Crippen molar-refractivity contribution >= 4 is 37.0 Å². The number of amides is 3. The lowest BCUT2D eigenvalue weighted by atomic mass is 10.0. The lowest BCUT2D eigenvalue weighted by molar-refractivity contribution is -0.118. The number of carbonyl (C=O) groups is 5. The van der Waals surface area contributed by atoms with Crippen LogP contribution in [0.4, 0.5) is 5.69 Å². The summed E-state index contributed by atoms with van der Waals surface area (Å²) in [6.07, 6.45) is 3.86. The van der Waals surface area contributed by atoms with Crippen molar-refractivity contribution in [1.82, 2.24) is 10.2 Å². The van der Waals surface area contributed by atoms with E-state index in [1.807, 2.05) is 26.8 Å². The molecule has 0 saturated heterocycles. The SMILES string of the molecule is CC.CNC=O.CO.Cc1c(NCCOCCOCCOCCOCCOCCC=O)cccc1C(=O)N(C=O)C(C)CCC=O. The summed E-state index contributed by atoms with van der Waals surface area (Å²) in [5.74, 6) is -0.388. The third kappa shape index (κ3) is 26.0. The highest BCUT2D eigenvalue weighted by Crippen LogP contribution is 2.21. The minimum atomic E-state index is -0.388. The van der Waals surface area contributed by atoms with E-state index < -0.39 is 0 Å². The number of aldehydes is 2. The Morgan fingerprint density at radius 2 is 1.26 bits per heavy atom. The molecule has 0 spiro atoms. The fourth-order valence-corrected chi connectivity index (χ4v) is 3.37. The van der Waals surface area contributed by atoms with Gasteiger partial charge < -0.3 is 49.0 Å². The molecule has 1 aromatic carbocycles. The van der Waals surface area contributed by atoms with Gasteiger partial charge >= 0.3 is 0 Å². The number of rotatable bonds is 26. The number of nitrogens with zero attached hydrogens (tertiary/aromatic N) is 1. The van der Waals surface area contributed by atoms with Crippen LogP contribution in [0.5, 0.6) is 0 Å². The van der Waals surface area contributed by atoms with Crippen molar-refractivity contribution in [3.8, 4) is 0 Å². The number of hydrogen-bond donors (Lipinski definition) is 3. The molecule has 1 rings (SSSR count). The largest absolute Gasteiger partial charge is 0.400 e. The Morgan fingerprint density at radius 1 is 0.804 bits per heavy atom. The highest BCUT2D eigenvalue weighted by molar-refractivity contribution is 6.02. The number of aliphatic hydroxyl groups excluding tert-OH is 1. The Kier molecular flexibility index (Phi) is 38.9. The first-order valence-corrected chi connectivity index (χ1v) is 15.4. The molecule has 1 atom stereocenters. The molecule has 14 heteroatoms. The molecule has 0 heterocycles. The predicted octanol–water partition coefficient (Wildman–Crippen LogP) is 2.04. The molecule has 3 N–H and O–H groups in total. The molecule has 0 aromatic heterocycles. The van der Waals surface area contributed by atoms with Crippen molar-refractivity contribution in [3.63, 3.8) is 0 Å². The molecular weight excluding hydrogens is 602 g/mol. The zero-order valence-corrected chi connectivity index (χ0v) is 28.5. The molecule has 266 valence electrons. The number of imide groups is 1. The topological polar surface area (TPSA) is 179 Å². The van der Waals surface area contributed by atoms with Crippen LogP contribution in [0.1, 0.15) is 56.0 Å². The second kappa shape index (κ2) is 37.9. The van der Waals surface area contributed by atoms with Crippen LogP contribution >= 0.6 is 0 Å². The smallest absolute Gasteiger partial charge is 0.260 e. The van der Waals surface area contributed by atoms with Gasteiger partial charge in [-0.25, -0.2) is 0 Å². The van der Waals surface area contributed by atoms with Crippen LogP contribution in [0.25, 0.3) is 0 Å². The Morgan fingerprint density at radius 3 is 1.70 bits per heavy atom. The molecule has 1 aromatic rings. The van der Waals surface area contributed by atoms with Crippen LogP contribution in [-0.2, 0) is 42.9 Å². The number of aliphatic hydroxyl groups is 1. The maximum absolute atomic E-state index is 12.9. The zero-order valence-electron chi connectivity index (χ0n) is 28.5. The maximum Gasteiger partial charge on any atom is 0.260 e.